The maximum Gasteiger partial charge on any atom is 0.410 e. The standard InChI is InChI=1S/C14H16F2N2O3/c1-14(2,18-5-6-21-13(18)20)8-17-12(19)9-3-4-10(15)11(16)7-9/h3-4,7H,5-6,8H2,1-2H3,(H,17,19). The highest BCUT2D eigenvalue weighted by molar-refractivity contribution is 5.94. The molecule has 1 aromatic rings. The number of cyclic esters (lactones) is 1. The van der Waals surface area contributed by atoms with Gasteiger partial charge in [-0.25, -0.2) is 13.6 Å². The Balaban J connectivity index is 1.99. The molecule has 0 bridgehead atoms. The zero-order valence-corrected chi connectivity index (χ0v) is 11.8. The van der Waals surface area contributed by atoms with E-state index >= 15 is 0 Å². The SMILES string of the molecule is CC(C)(CNC(=O)c1ccc(F)c(F)c1)N1CCOC1=O. The molecule has 7 heteroatoms. The Bertz CT molecular complexity index is 575. The van der Waals surface area contributed by atoms with E-state index in [1.807, 2.05) is 0 Å². The Morgan fingerprint density at radius 1 is 1.38 bits per heavy atom. The molecule has 0 unspecified atom stereocenters. The summed E-state index contributed by atoms with van der Waals surface area (Å²) in [6, 6.07) is 2.93. The van der Waals surface area contributed by atoms with E-state index in [9.17, 15) is 18.4 Å². The first-order chi connectivity index (χ1) is 9.81. The van der Waals surface area contributed by atoms with Gasteiger partial charge in [-0.2, -0.15) is 0 Å². The van der Waals surface area contributed by atoms with E-state index < -0.39 is 29.2 Å². The van der Waals surface area contributed by atoms with Gasteiger partial charge in [0.05, 0.1) is 12.1 Å². The van der Waals surface area contributed by atoms with Crippen molar-refractivity contribution in [1.82, 2.24) is 10.2 Å². The van der Waals surface area contributed by atoms with Gasteiger partial charge in [0.25, 0.3) is 5.91 Å². The maximum atomic E-state index is 13.1. The maximum absolute atomic E-state index is 13.1. The molecule has 0 radical (unpaired) electrons. The topological polar surface area (TPSA) is 58.6 Å². The van der Waals surface area contributed by atoms with E-state index in [1.54, 1.807) is 13.8 Å². The second-order valence-corrected chi connectivity index (χ2v) is 5.39. The van der Waals surface area contributed by atoms with Crippen molar-refractivity contribution in [3.05, 3.63) is 35.4 Å². The van der Waals surface area contributed by atoms with Gasteiger partial charge < -0.3 is 10.1 Å². The molecule has 21 heavy (non-hydrogen) atoms. The summed E-state index contributed by atoms with van der Waals surface area (Å²) in [5.74, 6) is -2.62. The molecule has 1 saturated heterocycles. The number of ether oxygens (including phenoxy) is 1. The third kappa shape index (κ3) is 3.29. The van der Waals surface area contributed by atoms with Crippen LogP contribution >= 0.6 is 0 Å². The highest BCUT2D eigenvalue weighted by Gasteiger charge is 2.35. The van der Waals surface area contributed by atoms with Gasteiger partial charge in [-0.1, -0.05) is 0 Å². The molecule has 0 atom stereocenters. The molecule has 1 aliphatic heterocycles. The molecule has 2 amide bonds. The van der Waals surface area contributed by atoms with Crippen LogP contribution in [0.25, 0.3) is 0 Å². The summed E-state index contributed by atoms with van der Waals surface area (Å²) in [6.07, 6.45) is -0.429. The first kappa shape index (κ1) is 15.2. The fourth-order valence-corrected chi connectivity index (χ4v) is 2.07. The van der Waals surface area contributed by atoms with Crippen LogP contribution in [0.1, 0.15) is 24.2 Å². The molecule has 0 saturated carbocycles. The zero-order valence-electron chi connectivity index (χ0n) is 11.8. The lowest BCUT2D eigenvalue weighted by molar-refractivity contribution is 0.0902. The molecule has 0 spiro atoms. The van der Waals surface area contributed by atoms with Gasteiger partial charge >= 0.3 is 6.09 Å². The summed E-state index contributed by atoms with van der Waals surface area (Å²) in [5, 5.41) is 2.61. The van der Waals surface area contributed by atoms with E-state index in [0.29, 0.717) is 13.2 Å². The Kier molecular flexibility index (Phi) is 4.11. The van der Waals surface area contributed by atoms with Gasteiger partial charge in [0.2, 0.25) is 0 Å². The van der Waals surface area contributed by atoms with Crippen molar-refractivity contribution in [3.8, 4) is 0 Å². The van der Waals surface area contributed by atoms with Crippen LogP contribution < -0.4 is 5.32 Å². The lowest BCUT2D eigenvalue weighted by Crippen LogP contribution is -2.52. The van der Waals surface area contributed by atoms with Gasteiger partial charge in [-0.15, -0.1) is 0 Å². The van der Waals surface area contributed by atoms with Crippen molar-refractivity contribution in [2.75, 3.05) is 19.7 Å². The van der Waals surface area contributed by atoms with Gasteiger partial charge in [0.15, 0.2) is 11.6 Å². The molecule has 5 nitrogen and oxygen atoms in total. The van der Waals surface area contributed by atoms with Gasteiger partial charge in [0, 0.05) is 12.1 Å². The summed E-state index contributed by atoms with van der Waals surface area (Å²) in [6.45, 7) is 4.50. The van der Waals surface area contributed by atoms with Crippen molar-refractivity contribution in [2.45, 2.75) is 19.4 Å². The Morgan fingerprint density at radius 3 is 2.67 bits per heavy atom. The Hall–Kier alpha value is -2.18. The van der Waals surface area contributed by atoms with E-state index in [0.717, 1.165) is 12.1 Å². The van der Waals surface area contributed by atoms with Crippen LogP contribution in [0, 0.1) is 11.6 Å². The molecule has 1 heterocycles. The second kappa shape index (κ2) is 5.67. The third-order valence-corrected chi connectivity index (χ3v) is 3.35. The average molecular weight is 298 g/mol. The fraction of sp³-hybridized carbons (Fsp3) is 0.429. The minimum Gasteiger partial charge on any atom is -0.448 e. The van der Waals surface area contributed by atoms with E-state index in [-0.39, 0.29) is 12.1 Å². The second-order valence-electron chi connectivity index (χ2n) is 5.39. The van der Waals surface area contributed by atoms with Crippen LogP contribution in [0.5, 0.6) is 0 Å². The quantitative estimate of drug-likeness (QED) is 0.924. The average Bonchev–Trinajstić information content (AvgIpc) is 2.86. The van der Waals surface area contributed by atoms with Crippen LogP contribution in [-0.4, -0.2) is 42.1 Å². The predicted molar refractivity (Wildman–Crippen MR) is 70.8 cm³/mol. The molecule has 2 rings (SSSR count). The minimum atomic E-state index is -1.08. The zero-order chi connectivity index (χ0) is 15.6. The van der Waals surface area contributed by atoms with Crippen molar-refractivity contribution in [2.24, 2.45) is 0 Å². The lowest BCUT2D eigenvalue weighted by atomic mass is 10.0. The first-order valence-corrected chi connectivity index (χ1v) is 6.49. The van der Waals surface area contributed by atoms with E-state index in [4.69, 9.17) is 4.74 Å². The molecule has 114 valence electrons. The number of benzene rings is 1. The predicted octanol–water partition coefficient (Wildman–Crippen LogP) is 1.93. The lowest BCUT2D eigenvalue weighted by Gasteiger charge is -2.33. The number of carbonyl (C=O) groups excluding carboxylic acids is 2. The summed E-state index contributed by atoms with van der Waals surface area (Å²) < 4.78 is 30.8. The van der Waals surface area contributed by atoms with Crippen molar-refractivity contribution >= 4 is 12.0 Å². The number of rotatable bonds is 4. The fourth-order valence-electron chi connectivity index (χ4n) is 2.07. The van der Waals surface area contributed by atoms with Gasteiger partial charge in [0.1, 0.15) is 6.61 Å². The summed E-state index contributed by atoms with van der Waals surface area (Å²) in [7, 11) is 0. The number of nitrogens with one attached hydrogen (secondary N) is 1. The van der Waals surface area contributed by atoms with E-state index in [1.165, 1.54) is 11.0 Å². The summed E-state index contributed by atoms with van der Waals surface area (Å²) >= 11 is 0. The summed E-state index contributed by atoms with van der Waals surface area (Å²) in [5.41, 5.74) is -0.615. The number of halogens is 2. The molecular formula is C14H16F2N2O3. The molecule has 1 N–H and O–H groups in total. The number of carbonyl (C=O) groups is 2. The molecule has 1 aliphatic rings. The Labute approximate surface area is 120 Å². The van der Waals surface area contributed by atoms with Crippen LogP contribution in [0.3, 0.4) is 0 Å². The minimum absolute atomic E-state index is 0.0219. The highest BCUT2D eigenvalue weighted by atomic mass is 19.2. The third-order valence-electron chi connectivity index (χ3n) is 3.35. The Morgan fingerprint density at radius 2 is 2.10 bits per heavy atom. The number of hydrogen-bond acceptors (Lipinski definition) is 3. The molecule has 1 fully saturated rings. The van der Waals surface area contributed by atoms with Crippen molar-refractivity contribution in [3.63, 3.8) is 0 Å². The molecule has 0 aromatic heterocycles. The number of hydrogen-bond donors (Lipinski definition) is 1. The number of nitrogens with zero attached hydrogens (tertiary/aromatic N) is 1. The van der Waals surface area contributed by atoms with Crippen molar-refractivity contribution < 1.29 is 23.1 Å². The van der Waals surface area contributed by atoms with Gasteiger partial charge in [-0.05, 0) is 32.0 Å². The molecular weight excluding hydrogens is 282 g/mol. The van der Waals surface area contributed by atoms with Crippen LogP contribution in [0.15, 0.2) is 18.2 Å². The van der Waals surface area contributed by atoms with Crippen LogP contribution in [-0.2, 0) is 4.74 Å². The van der Waals surface area contributed by atoms with E-state index in [2.05, 4.69) is 5.32 Å². The van der Waals surface area contributed by atoms with Gasteiger partial charge in [-0.3, -0.25) is 9.69 Å². The molecule has 0 aliphatic carbocycles. The first-order valence-electron chi connectivity index (χ1n) is 6.49. The largest absolute Gasteiger partial charge is 0.448 e. The van der Waals surface area contributed by atoms with Crippen molar-refractivity contribution in [1.29, 1.82) is 0 Å². The highest BCUT2D eigenvalue weighted by Crippen LogP contribution is 2.18. The number of amides is 2. The normalized spacial score (nSPS) is 15.0. The summed E-state index contributed by atoms with van der Waals surface area (Å²) in [4.78, 5) is 24.9. The van der Waals surface area contributed by atoms with Crippen LogP contribution in [0.4, 0.5) is 13.6 Å². The smallest absolute Gasteiger partial charge is 0.410 e. The monoisotopic (exact) mass is 298 g/mol. The molecule has 1 aromatic carbocycles. The van der Waals surface area contributed by atoms with Crippen LogP contribution in [0.2, 0.25) is 0 Å².